The van der Waals surface area contributed by atoms with E-state index in [2.05, 4.69) is 57.4 Å². The molecule has 0 radical (unpaired) electrons. The predicted octanol–water partition coefficient (Wildman–Crippen LogP) is 5.36. The van der Waals surface area contributed by atoms with Crippen LogP contribution < -0.4 is 25.8 Å². The summed E-state index contributed by atoms with van der Waals surface area (Å²) in [5.41, 5.74) is 3.87. The van der Waals surface area contributed by atoms with Gasteiger partial charge in [-0.15, -0.1) is 0 Å². The molecule has 3 amide bonds. The van der Waals surface area contributed by atoms with Gasteiger partial charge < -0.3 is 25.8 Å². The van der Waals surface area contributed by atoms with E-state index in [-0.39, 0.29) is 24.0 Å². The lowest BCUT2D eigenvalue weighted by Gasteiger charge is -2.40. The first-order valence-electron chi connectivity index (χ1n) is 15.6. The molecule has 2 fully saturated rings. The molecular weight excluding hydrogens is 564 g/mol. The molecular formula is C35H42N8O2. The van der Waals surface area contributed by atoms with Gasteiger partial charge in [0, 0.05) is 56.2 Å². The minimum Gasteiger partial charge on any atom is -0.367 e. The summed E-state index contributed by atoms with van der Waals surface area (Å²) in [6, 6.07) is 21.9. The van der Waals surface area contributed by atoms with Crippen LogP contribution in [0.1, 0.15) is 43.7 Å². The first-order valence-corrected chi connectivity index (χ1v) is 15.6. The number of aromatic nitrogens is 1. The number of nitrogens with one attached hydrogen (secondary N) is 3. The number of anilines is 4. The van der Waals surface area contributed by atoms with Gasteiger partial charge in [0.05, 0.1) is 16.9 Å². The smallest absolute Gasteiger partial charge is 0.322 e. The summed E-state index contributed by atoms with van der Waals surface area (Å²) in [6.07, 6.45) is 6.13. The van der Waals surface area contributed by atoms with Gasteiger partial charge in [0.15, 0.2) is 0 Å². The fraction of sp³-hybridized carbons (Fsp3) is 0.371. The molecule has 10 heteroatoms. The molecule has 1 saturated heterocycles. The van der Waals surface area contributed by atoms with Crippen LogP contribution >= 0.6 is 0 Å². The van der Waals surface area contributed by atoms with E-state index < -0.39 is 0 Å². The van der Waals surface area contributed by atoms with Crippen molar-refractivity contribution in [3.05, 3.63) is 90.6 Å². The van der Waals surface area contributed by atoms with Gasteiger partial charge in [-0.3, -0.25) is 9.69 Å². The van der Waals surface area contributed by atoms with Crippen molar-refractivity contribution in [1.29, 1.82) is 5.26 Å². The number of benzene rings is 2. The van der Waals surface area contributed by atoms with Crippen LogP contribution in [-0.4, -0.2) is 66.6 Å². The fourth-order valence-electron chi connectivity index (χ4n) is 6.09. The number of hydrogen-bond donors (Lipinski definition) is 3. The Morgan fingerprint density at radius 3 is 2.53 bits per heavy atom. The second kappa shape index (κ2) is 14.7. The van der Waals surface area contributed by atoms with Crippen molar-refractivity contribution >= 4 is 34.8 Å². The summed E-state index contributed by atoms with van der Waals surface area (Å²) in [5, 5.41) is 18.7. The first kappa shape index (κ1) is 31.5. The number of carbonyl (C=O) groups is 2. The van der Waals surface area contributed by atoms with E-state index >= 15 is 0 Å². The van der Waals surface area contributed by atoms with E-state index in [9.17, 15) is 9.59 Å². The van der Waals surface area contributed by atoms with E-state index in [1.54, 1.807) is 12.3 Å². The van der Waals surface area contributed by atoms with Crippen LogP contribution in [0.15, 0.2) is 79.5 Å². The minimum atomic E-state index is -0.293. The van der Waals surface area contributed by atoms with Gasteiger partial charge in [0.1, 0.15) is 11.9 Å². The first-order chi connectivity index (χ1) is 21.8. The number of pyridine rings is 1. The largest absolute Gasteiger partial charge is 0.367 e. The zero-order valence-electron chi connectivity index (χ0n) is 26.1. The number of nitrogens with zero attached hydrogens (tertiary/aromatic N) is 5. The molecule has 234 valence electrons. The second-order valence-corrected chi connectivity index (χ2v) is 11.9. The molecule has 1 aliphatic carbocycles. The summed E-state index contributed by atoms with van der Waals surface area (Å²) in [6.45, 7) is 8.84. The third-order valence-electron chi connectivity index (χ3n) is 8.81. The summed E-state index contributed by atoms with van der Waals surface area (Å²) in [4.78, 5) is 37.3. The standard InChI is InChI=1S/C35H42N8O2/c1-4-34(44)40-31-20-30(15-16-32(31)42-19-18-41(3)25(2)24-42)43(35(45)38-22-26-8-6-5-7-9-26)29-13-11-28(12-14-29)39-33-17-10-27(21-36)23-37-33/h4-10,15-17,20,23,25,28-29H,1,11-14,18-19,22,24H2,2-3H3,(H,37,39)(H,38,45)(H,40,44)/t25-,28?,29?/m0/s1. The van der Waals surface area contributed by atoms with Gasteiger partial charge in [-0.25, -0.2) is 9.78 Å². The number of urea groups is 1. The molecule has 0 spiro atoms. The lowest BCUT2D eigenvalue weighted by molar-refractivity contribution is -0.111. The molecule has 45 heavy (non-hydrogen) atoms. The van der Waals surface area contributed by atoms with Gasteiger partial charge in [-0.2, -0.15) is 5.26 Å². The molecule has 1 atom stereocenters. The Kier molecular flexibility index (Phi) is 10.3. The van der Waals surface area contributed by atoms with Crippen LogP contribution in [0.4, 0.5) is 27.7 Å². The maximum atomic E-state index is 13.9. The molecule has 2 heterocycles. The van der Waals surface area contributed by atoms with Crippen LogP contribution in [0.3, 0.4) is 0 Å². The average Bonchev–Trinajstić information content (AvgIpc) is 3.07. The monoisotopic (exact) mass is 606 g/mol. The molecule has 2 aromatic carbocycles. The Bertz CT molecular complexity index is 1510. The average molecular weight is 607 g/mol. The van der Waals surface area contributed by atoms with Crippen LogP contribution in [0, 0.1) is 11.3 Å². The highest BCUT2D eigenvalue weighted by Crippen LogP contribution is 2.35. The van der Waals surface area contributed by atoms with Gasteiger partial charge in [-0.1, -0.05) is 36.9 Å². The summed E-state index contributed by atoms with van der Waals surface area (Å²) in [5.74, 6) is 0.449. The molecule has 1 saturated carbocycles. The van der Waals surface area contributed by atoms with E-state index in [4.69, 9.17) is 5.26 Å². The zero-order chi connectivity index (χ0) is 31.8. The number of piperazine rings is 1. The number of nitriles is 1. The maximum Gasteiger partial charge on any atom is 0.322 e. The predicted molar refractivity (Wildman–Crippen MR) is 179 cm³/mol. The van der Waals surface area contributed by atoms with Crippen molar-refractivity contribution in [3.63, 3.8) is 0 Å². The molecule has 1 aliphatic heterocycles. The van der Waals surface area contributed by atoms with Crippen molar-refractivity contribution in [2.24, 2.45) is 0 Å². The van der Waals surface area contributed by atoms with E-state index in [1.807, 2.05) is 59.5 Å². The molecule has 5 rings (SSSR count). The Morgan fingerprint density at radius 1 is 1.09 bits per heavy atom. The van der Waals surface area contributed by atoms with E-state index in [0.29, 0.717) is 23.8 Å². The molecule has 1 aromatic heterocycles. The van der Waals surface area contributed by atoms with Crippen LogP contribution in [0.2, 0.25) is 0 Å². The van der Waals surface area contributed by atoms with E-state index in [0.717, 1.165) is 68.1 Å². The Labute approximate surface area is 265 Å². The van der Waals surface area contributed by atoms with Gasteiger partial charge in [0.2, 0.25) is 5.91 Å². The summed E-state index contributed by atoms with van der Waals surface area (Å²) >= 11 is 0. The van der Waals surface area contributed by atoms with Gasteiger partial charge in [0.25, 0.3) is 0 Å². The number of rotatable bonds is 9. The third kappa shape index (κ3) is 7.99. The molecule has 2 aliphatic rings. The normalized spacial score (nSPS) is 20.0. The Morgan fingerprint density at radius 2 is 1.87 bits per heavy atom. The van der Waals surface area contributed by atoms with Crippen molar-refractivity contribution < 1.29 is 9.59 Å². The fourth-order valence-corrected chi connectivity index (χ4v) is 6.09. The zero-order valence-corrected chi connectivity index (χ0v) is 26.1. The highest BCUT2D eigenvalue weighted by molar-refractivity contribution is 6.02. The third-order valence-corrected chi connectivity index (χ3v) is 8.81. The lowest BCUT2D eigenvalue weighted by Crippen LogP contribution is -2.50. The summed E-state index contributed by atoms with van der Waals surface area (Å²) < 4.78 is 0. The van der Waals surface area contributed by atoms with Crippen LogP contribution in [0.5, 0.6) is 0 Å². The maximum absolute atomic E-state index is 13.9. The molecule has 3 aromatic rings. The van der Waals surface area contributed by atoms with Crippen LogP contribution in [-0.2, 0) is 11.3 Å². The molecule has 3 N–H and O–H groups in total. The number of hydrogen-bond acceptors (Lipinski definition) is 7. The number of carbonyl (C=O) groups excluding carboxylic acids is 2. The Balaban J connectivity index is 1.39. The van der Waals surface area contributed by atoms with Gasteiger partial charge in [-0.05, 0) is 81.6 Å². The van der Waals surface area contributed by atoms with Crippen molar-refractivity contribution in [3.8, 4) is 6.07 Å². The second-order valence-electron chi connectivity index (χ2n) is 11.9. The molecule has 0 bridgehead atoms. The topological polar surface area (TPSA) is 117 Å². The number of likely N-dealkylation sites (N-methyl/N-ethyl adjacent to an activating group) is 1. The van der Waals surface area contributed by atoms with Gasteiger partial charge >= 0.3 is 6.03 Å². The van der Waals surface area contributed by atoms with Crippen molar-refractivity contribution in [2.75, 3.05) is 47.1 Å². The number of amides is 3. The quantitative estimate of drug-likeness (QED) is 0.281. The van der Waals surface area contributed by atoms with Crippen LogP contribution in [0.25, 0.3) is 0 Å². The minimum absolute atomic E-state index is 0.0368. The van der Waals surface area contributed by atoms with E-state index in [1.165, 1.54) is 6.08 Å². The Hall–Kier alpha value is -4.88. The molecule has 0 unspecified atom stereocenters. The highest BCUT2D eigenvalue weighted by Gasteiger charge is 2.31. The lowest BCUT2D eigenvalue weighted by atomic mass is 9.89. The van der Waals surface area contributed by atoms with Crippen molar-refractivity contribution in [2.45, 2.75) is 57.3 Å². The SMILES string of the molecule is C=CC(=O)Nc1cc(N(C(=O)NCc2ccccc2)C2CCC(Nc3ccc(C#N)cn3)CC2)ccc1N1CCN(C)[C@@H](C)C1. The van der Waals surface area contributed by atoms with Crippen molar-refractivity contribution in [1.82, 2.24) is 15.2 Å². The highest BCUT2D eigenvalue weighted by atomic mass is 16.2. The summed E-state index contributed by atoms with van der Waals surface area (Å²) in [7, 11) is 2.13. The molecule has 10 nitrogen and oxygen atoms in total.